The Morgan fingerprint density at radius 1 is 1.03 bits per heavy atom. The lowest BCUT2D eigenvalue weighted by Gasteiger charge is -2.27. The second-order valence-electron chi connectivity index (χ2n) is 7.46. The minimum atomic E-state index is -0.196. The number of hydrogen-bond donors (Lipinski definition) is 1. The van der Waals surface area contributed by atoms with Crippen LogP contribution in [0.3, 0.4) is 0 Å². The van der Waals surface area contributed by atoms with Crippen molar-refractivity contribution in [2.75, 3.05) is 20.2 Å². The van der Waals surface area contributed by atoms with Gasteiger partial charge in [-0.25, -0.2) is 4.98 Å². The Bertz CT molecular complexity index is 1040. The smallest absolute Gasteiger partial charge is 0.251 e. The number of imidazole rings is 1. The zero-order valence-corrected chi connectivity index (χ0v) is 17.1. The van der Waals surface area contributed by atoms with Gasteiger partial charge in [0.25, 0.3) is 5.91 Å². The highest BCUT2D eigenvalue weighted by Gasteiger charge is 2.20. The first kappa shape index (κ1) is 19.9. The molecule has 1 aliphatic heterocycles. The number of ether oxygens (including phenoxy) is 1. The van der Waals surface area contributed by atoms with E-state index in [0.29, 0.717) is 17.1 Å². The van der Waals surface area contributed by atoms with Crippen LogP contribution in [0, 0.1) is 0 Å². The number of rotatable bonds is 6. The molecule has 1 fully saturated rings. The minimum absolute atomic E-state index is 0.0978. The molecule has 7 nitrogen and oxygen atoms in total. The molecule has 0 atom stereocenters. The van der Waals surface area contributed by atoms with Crippen molar-refractivity contribution >= 4 is 22.8 Å². The van der Waals surface area contributed by atoms with Crippen molar-refractivity contribution in [2.45, 2.75) is 32.4 Å². The maximum Gasteiger partial charge on any atom is 0.251 e. The molecule has 0 unspecified atom stereocenters. The summed E-state index contributed by atoms with van der Waals surface area (Å²) in [5, 5.41) is 2.92. The topological polar surface area (TPSA) is 76.5 Å². The molecule has 7 heteroatoms. The maximum atomic E-state index is 12.9. The number of piperidine rings is 1. The summed E-state index contributed by atoms with van der Waals surface area (Å²) in [5.74, 6) is 1.27. The second-order valence-corrected chi connectivity index (χ2v) is 7.46. The van der Waals surface area contributed by atoms with E-state index in [1.54, 1.807) is 31.4 Å². The maximum absolute atomic E-state index is 12.9. The summed E-state index contributed by atoms with van der Waals surface area (Å²) in [4.78, 5) is 32.0. The average Bonchev–Trinajstić information content (AvgIpc) is 3.15. The molecule has 0 radical (unpaired) electrons. The van der Waals surface area contributed by atoms with Crippen molar-refractivity contribution in [3.63, 3.8) is 0 Å². The third kappa shape index (κ3) is 4.30. The van der Waals surface area contributed by atoms with Gasteiger partial charge in [0.05, 0.1) is 24.7 Å². The van der Waals surface area contributed by atoms with Crippen molar-refractivity contribution in [3.05, 3.63) is 59.9 Å². The van der Waals surface area contributed by atoms with Crippen LogP contribution in [0.1, 0.15) is 35.4 Å². The molecular weight excluding hydrogens is 380 g/mol. The Labute approximate surface area is 175 Å². The largest absolute Gasteiger partial charge is 0.497 e. The molecule has 0 aliphatic carbocycles. The van der Waals surface area contributed by atoms with E-state index < -0.39 is 0 Å². The first-order valence-electron chi connectivity index (χ1n) is 10.3. The highest BCUT2D eigenvalue weighted by Crippen LogP contribution is 2.18. The molecule has 2 amide bonds. The van der Waals surface area contributed by atoms with Gasteiger partial charge in [-0.3, -0.25) is 9.59 Å². The highest BCUT2D eigenvalue weighted by molar-refractivity contribution is 5.94. The van der Waals surface area contributed by atoms with Gasteiger partial charge in [-0.2, -0.15) is 0 Å². The summed E-state index contributed by atoms with van der Waals surface area (Å²) in [6.07, 6.45) is 3.29. The Morgan fingerprint density at radius 3 is 2.50 bits per heavy atom. The van der Waals surface area contributed by atoms with Gasteiger partial charge in [-0.15, -0.1) is 0 Å². The summed E-state index contributed by atoms with van der Waals surface area (Å²) in [7, 11) is 1.59. The van der Waals surface area contributed by atoms with E-state index >= 15 is 0 Å². The standard InChI is InChI=1S/C23H26N4O3/c1-30-18-11-9-17(10-12-18)23(29)24-15-21-25-19-7-3-4-8-20(19)27(21)16-22(28)26-13-5-2-6-14-26/h3-4,7-12H,2,5-6,13-16H2,1H3,(H,24,29). The predicted molar refractivity (Wildman–Crippen MR) is 114 cm³/mol. The number of carbonyl (C=O) groups excluding carboxylic acids is 2. The highest BCUT2D eigenvalue weighted by atomic mass is 16.5. The van der Waals surface area contributed by atoms with Crippen molar-refractivity contribution in [2.24, 2.45) is 0 Å². The Hall–Kier alpha value is -3.35. The summed E-state index contributed by atoms with van der Waals surface area (Å²) < 4.78 is 7.05. The van der Waals surface area contributed by atoms with Gasteiger partial charge in [-0.1, -0.05) is 12.1 Å². The van der Waals surface area contributed by atoms with E-state index in [9.17, 15) is 9.59 Å². The van der Waals surface area contributed by atoms with Crippen LogP contribution >= 0.6 is 0 Å². The molecule has 3 aromatic rings. The molecule has 0 bridgehead atoms. The summed E-state index contributed by atoms with van der Waals surface area (Å²) in [6, 6.07) is 14.7. The quantitative estimate of drug-likeness (QED) is 0.683. The van der Waals surface area contributed by atoms with Crippen molar-refractivity contribution < 1.29 is 14.3 Å². The number of nitrogens with zero attached hydrogens (tertiary/aromatic N) is 3. The van der Waals surface area contributed by atoms with Crippen LogP contribution in [0.5, 0.6) is 5.75 Å². The van der Waals surface area contributed by atoms with Crippen LogP contribution in [-0.2, 0) is 17.9 Å². The summed E-state index contributed by atoms with van der Waals surface area (Å²) >= 11 is 0. The van der Waals surface area contributed by atoms with Crippen LogP contribution < -0.4 is 10.1 Å². The second kappa shape index (κ2) is 8.98. The number of fused-ring (bicyclic) bond motifs is 1. The van der Waals surface area contributed by atoms with Gasteiger partial charge >= 0.3 is 0 Å². The molecule has 1 N–H and O–H groups in total. The van der Waals surface area contributed by atoms with Gasteiger partial charge in [0.2, 0.25) is 5.91 Å². The van der Waals surface area contributed by atoms with E-state index in [1.165, 1.54) is 6.42 Å². The van der Waals surface area contributed by atoms with Gasteiger partial charge < -0.3 is 19.5 Å². The van der Waals surface area contributed by atoms with Gasteiger partial charge in [0.1, 0.15) is 18.1 Å². The third-order valence-corrected chi connectivity index (χ3v) is 5.50. The normalized spacial score (nSPS) is 14.0. The Morgan fingerprint density at radius 2 is 1.77 bits per heavy atom. The lowest BCUT2D eigenvalue weighted by molar-refractivity contribution is -0.132. The van der Waals surface area contributed by atoms with E-state index in [1.807, 2.05) is 33.7 Å². The monoisotopic (exact) mass is 406 g/mol. The van der Waals surface area contributed by atoms with Crippen molar-refractivity contribution in [1.29, 1.82) is 0 Å². The third-order valence-electron chi connectivity index (χ3n) is 5.50. The molecule has 4 rings (SSSR count). The molecule has 30 heavy (non-hydrogen) atoms. The van der Waals surface area contributed by atoms with Crippen LogP contribution in [0.2, 0.25) is 0 Å². The van der Waals surface area contributed by atoms with Crippen LogP contribution in [0.15, 0.2) is 48.5 Å². The number of hydrogen-bond acceptors (Lipinski definition) is 4. The fourth-order valence-electron chi connectivity index (χ4n) is 3.82. The van der Waals surface area contributed by atoms with E-state index in [-0.39, 0.29) is 24.9 Å². The number of para-hydroxylation sites is 2. The van der Waals surface area contributed by atoms with Crippen molar-refractivity contribution in [1.82, 2.24) is 19.8 Å². The zero-order valence-electron chi connectivity index (χ0n) is 17.1. The molecule has 0 saturated carbocycles. The molecule has 1 aliphatic rings. The van der Waals surface area contributed by atoms with Crippen LogP contribution in [-0.4, -0.2) is 46.5 Å². The Balaban J connectivity index is 1.51. The fraction of sp³-hybridized carbons (Fsp3) is 0.348. The first-order valence-corrected chi connectivity index (χ1v) is 10.3. The Kier molecular flexibility index (Phi) is 5.97. The molecular formula is C23H26N4O3. The average molecular weight is 406 g/mol. The number of amides is 2. The molecule has 1 aromatic heterocycles. The van der Waals surface area contributed by atoms with E-state index in [4.69, 9.17) is 4.74 Å². The van der Waals surface area contributed by atoms with Crippen molar-refractivity contribution in [3.8, 4) is 5.75 Å². The number of benzene rings is 2. The molecule has 2 heterocycles. The van der Waals surface area contributed by atoms with E-state index in [0.717, 1.165) is 37.0 Å². The van der Waals surface area contributed by atoms with Crippen LogP contribution in [0.25, 0.3) is 11.0 Å². The molecule has 156 valence electrons. The zero-order chi connectivity index (χ0) is 20.9. The number of carbonyl (C=O) groups is 2. The SMILES string of the molecule is COc1ccc(C(=O)NCc2nc3ccccc3n2CC(=O)N2CCCCC2)cc1. The predicted octanol–water partition coefficient (Wildman–Crippen LogP) is 2.99. The van der Waals surface area contributed by atoms with Gasteiger partial charge in [0, 0.05) is 18.7 Å². The summed E-state index contributed by atoms with van der Waals surface area (Å²) in [6.45, 7) is 2.10. The number of nitrogens with one attached hydrogen (secondary N) is 1. The van der Waals surface area contributed by atoms with Gasteiger partial charge in [0.15, 0.2) is 0 Å². The number of aromatic nitrogens is 2. The number of likely N-dealkylation sites (tertiary alicyclic amines) is 1. The van der Waals surface area contributed by atoms with Gasteiger partial charge in [-0.05, 0) is 55.7 Å². The first-order chi connectivity index (χ1) is 14.7. The van der Waals surface area contributed by atoms with E-state index in [2.05, 4.69) is 10.3 Å². The fourth-order valence-corrected chi connectivity index (χ4v) is 3.82. The minimum Gasteiger partial charge on any atom is -0.497 e. The molecule has 2 aromatic carbocycles. The molecule has 1 saturated heterocycles. The lowest BCUT2D eigenvalue weighted by Crippen LogP contribution is -2.38. The summed E-state index contributed by atoms with van der Waals surface area (Å²) in [5.41, 5.74) is 2.26. The number of methoxy groups -OCH3 is 1. The lowest BCUT2D eigenvalue weighted by atomic mass is 10.1. The van der Waals surface area contributed by atoms with Crippen LogP contribution in [0.4, 0.5) is 0 Å². The molecule has 0 spiro atoms.